The number of halogens is 2. The number of amides is 2. The Bertz CT molecular complexity index is 656. The summed E-state index contributed by atoms with van der Waals surface area (Å²) >= 11 is 0. The number of anilines is 1. The zero-order valence-electron chi connectivity index (χ0n) is 16.8. The lowest BCUT2D eigenvalue weighted by molar-refractivity contribution is -0.131. The van der Waals surface area contributed by atoms with E-state index in [9.17, 15) is 9.59 Å². The average Bonchev–Trinajstić information content (AvgIpc) is 3.25. The summed E-state index contributed by atoms with van der Waals surface area (Å²) in [6, 6.07) is 7.53. The fourth-order valence-corrected chi connectivity index (χ4v) is 3.81. The van der Waals surface area contributed by atoms with Gasteiger partial charge in [0.2, 0.25) is 11.8 Å². The average molecular weight is 447 g/mol. The summed E-state index contributed by atoms with van der Waals surface area (Å²) in [7, 11) is 1.62. The highest BCUT2D eigenvalue weighted by Gasteiger charge is 2.26. The van der Waals surface area contributed by atoms with Crippen molar-refractivity contribution in [2.24, 2.45) is 5.92 Å². The summed E-state index contributed by atoms with van der Waals surface area (Å²) in [6.07, 6.45) is 3.99. The molecular weight excluding hydrogens is 415 g/mol. The maximum atomic E-state index is 12.6. The molecule has 2 amide bonds. The maximum absolute atomic E-state index is 12.6. The molecule has 3 N–H and O–H groups in total. The van der Waals surface area contributed by atoms with Crippen LogP contribution in [-0.2, 0) is 9.59 Å². The lowest BCUT2D eigenvalue weighted by atomic mass is 9.97. The minimum absolute atomic E-state index is 0. The Morgan fingerprint density at radius 1 is 1.21 bits per heavy atom. The maximum Gasteiger partial charge on any atom is 0.241 e. The van der Waals surface area contributed by atoms with Crippen LogP contribution in [0.1, 0.15) is 25.7 Å². The van der Waals surface area contributed by atoms with Crippen LogP contribution in [0, 0.1) is 5.92 Å². The molecule has 9 heteroatoms. The number of piperidine rings is 1. The molecule has 2 aliphatic rings. The highest BCUT2D eigenvalue weighted by molar-refractivity contribution is 5.85. The van der Waals surface area contributed by atoms with E-state index in [0.717, 1.165) is 50.2 Å². The standard InChI is InChI=1S/C20H30N4O3.2ClH/c1-27-18-9-3-2-7-16(18)22-13-19(25)24-11-5-6-15(14-24)12-23-20(26)17-8-4-10-21-17;;/h2-3,7,9,15,17,21-22H,4-6,8,10-14H2,1H3,(H,23,26);2*1H. The summed E-state index contributed by atoms with van der Waals surface area (Å²) < 4.78 is 5.30. The van der Waals surface area contributed by atoms with Crippen LogP contribution < -0.4 is 20.7 Å². The number of para-hydroxylation sites is 2. The predicted molar refractivity (Wildman–Crippen MR) is 119 cm³/mol. The number of benzene rings is 1. The van der Waals surface area contributed by atoms with Crippen LogP contribution >= 0.6 is 24.8 Å². The third-order valence-corrected chi connectivity index (χ3v) is 5.35. The summed E-state index contributed by atoms with van der Waals surface area (Å²) in [6.45, 7) is 3.28. The number of nitrogens with zero attached hydrogens (tertiary/aromatic N) is 1. The van der Waals surface area contributed by atoms with Gasteiger partial charge in [0.1, 0.15) is 5.75 Å². The molecular formula is C20H32Cl2N4O3. The van der Waals surface area contributed by atoms with Crippen LogP contribution in [0.15, 0.2) is 24.3 Å². The predicted octanol–water partition coefficient (Wildman–Crippen LogP) is 2.06. The van der Waals surface area contributed by atoms with Crippen molar-refractivity contribution in [3.05, 3.63) is 24.3 Å². The first kappa shape index (κ1) is 25.3. The van der Waals surface area contributed by atoms with Gasteiger partial charge in [-0.05, 0) is 50.3 Å². The Morgan fingerprint density at radius 3 is 2.72 bits per heavy atom. The Balaban J connectivity index is 0.00000210. The minimum atomic E-state index is -0.0450. The van der Waals surface area contributed by atoms with Crippen LogP contribution in [0.3, 0.4) is 0 Å². The van der Waals surface area contributed by atoms with E-state index in [-0.39, 0.29) is 49.2 Å². The van der Waals surface area contributed by atoms with Gasteiger partial charge in [-0.2, -0.15) is 0 Å². The van der Waals surface area contributed by atoms with Gasteiger partial charge < -0.3 is 25.6 Å². The summed E-state index contributed by atoms with van der Waals surface area (Å²) in [4.78, 5) is 26.6. The van der Waals surface area contributed by atoms with E-state index < -0.39 is 0 Å². The molecule has 2 fully saturated rings. The highest BCUT2D eigenvalue weighted by atomic mass is 35.5. The van der Waals surface area contributed by atoms with E-state index in [1.54, 1.807) is 7.11 Å². The van der Waals surface area contributed by atoms with Gasteiger partial charge in [-0.3, -0.25) is 9.59 Å². The van der Waals surface area contributed by atoms with Gasteiger partial charge in [-0.1, -0.05) is 12.1 Å². The first-order chi connectivity index (χ1) is 13.2. The molecule has 1 aromatic rings. The lowest BCUT2D eigenvalue weighted by Gasteiger charge is -2.33. The molecule has 0 radical (unpaired) electrons. The van der Waals surface area contributed by atoms with Gasteiger partial charge in [-0.25, -0.2) is 0 Å². The quantitative estimate of drug-likeness (QED) is 0.596. The summed E-state index contributed by atoms with van der Waals surface area (Å²) in [5.74, 6) is 1.22. The fraction of sp³-hybridized carbons (Fsp3) is 0.600. The van der Waals surface area contributed by atoms with Crippen molar-refractivity contribution in [1.82, 2.24) is 15.5 Å². The van der Waals surface area contributed by atoms with Crippen molar-refractivity contribution >= 4 is 42.3 Å². The van der Waals surface area contributed by atoms with Gasteiger partial charge in [0, 0.05) is 19.6 Å². The number of ether oxygens (including phenoxy) is 1. The monoisotopic (exact) mass is 446 g/mol. The van der Waals surface area contributed by atoms with Crippen molar-refractivity contribution < 1.29 is 14.3 Å². The fourth-order valence-electron chi connectivity index (χ4n) is 3.81. The van der Waals surface area contributed by atoms with E-state index in [0.29, 0.717) is 19.0 Å². The molecule has 29 heavy (non-hydrogen) atoms. The Hall–Kier alpha value is -1.70. The summed E-state index contributed by atoms with van der Waals surface area (Å²) in [5, 5.41) is 9.44. The molecule has 2 aliphatic heterocycles. The molecule has 7 nitrogen and oxygen atoms in total. The van der Waals surface area contributed by atoms with Crippen molar-refractivity contribution in [1.29, 1.82) is 0 Å². The molecule has 0 spiro atoms. The van der Waals surface area contributed by atoms with Gasteiger partial charge in [0.15, 0.2) is 0 Å². The zero-order chi connectivity index (χ0) is 19.1. The largest absolute Gasteiger partial charge is 0.495 e. The number of carbonyl (C=O) groups excluding carboxylic acids is 2. The molecule has 3 rings (SSSR count). The number of methoxy groups -OCH3 is 1. The first-order valence-electron chi connectivity index (χ1n) is 9.83. The van der Waals surface area contributed by atoms with Crippen molar-refractivity contribution in [2.45, 2.75) is 31.7 Å². The number of hydrogen-bond donors (Lipinski definition) is 3. The molecule has 2 atom stereocenters. The van der Waals surface area contributed by atoms with E-state index in [1.807, 2.05) is 29.2 Å². The van der Waals surface area contributed by atoms with Crippen molar-refractivity contribution in [2.75, 3.05) is 45.2 Å². The van der Waals surface area contributed by atoms with Gasteiger partial charge in [-0.15, -0.1) is 24.8 Å². The van der Waals surface area contributed by atoms with Crippen LogP contribution in [0.5, 0.6) is 5.75 Å². The Morgan fingerprint density at radius 2 is 2.00 bits per heavy atom. The van der Waals surface area contributed by atoms with Crippen molar-refractivity contribution in [3.63, 3.8) is 0 Å². The van der Waals surface area contributed by atoms with Crippen LogP contribution in [0.25, 0.3) is 0 Å². The van der Waals surface area contributed by atoms with Gasteiger partial charge >= 0.3 is 0 Å². The second kappa shape index (κ2) is 12.8. The molecule has 2 unspecified atom stereocenters. The number of nitrogens with one attached hydrogen (secondary N) is 3. The highest BCUT2D eigenvalue weighted by Crippen LogP contribution is 2.23. The van der Waals surface area contributed by atoms with Crippen LogP contribution in [-0.4, -0.2) is 62.6 Å². The zero-order valence-corrected chi connectivity index (χ0v) is 18.4. The Kier molecular flexibility index (Phi) is 11.2. The molecule has 164 valence electrons. The SMILES string of the molecule is COc1ccccc1NCC(=O)N1CCCC(CNC(=O)C2CCCN2)C1.Cl.Cl. The van der Waals surface area contributed by atoms with E-state index in [4.69, 9.17) is 4.74 Å². The number of likely N-dealkylation sites (tertiary alicyclic amines) is 1. The number of rotatable bonds is 7. The lowest BCUT2D eigenvalue weighted by Crippen LogP contribution is -2.47. The second-order valence-corrected chi connectivity index (χ2v) is 7.30. The van der Waals surface area contributed by atoms with Gasteiger partial charge in [0.05, 0.1) is 25.4 Å². The molecule has 2 heterocycles. The first-order valence-corrected chi connectivity index (χ1v) is 9.83. The van der Waals surface area contributed by atoms with Crippen molar-refractivity contribution in [3.8, 4) is 5.75 Å². The van der Waals surface area contributed by atoms with Gasteiger partial charge in [0.25, 0.3) is 0 Å². The smallest absolute Gasteiger partial charge is 0.241 e. The second-order valence-electron chi connectivity index (χ2n) is 7.30. The molecule has 1 aromatic carbocycles. The van der Waals surface area contributed by atoms with Crippen LogP contribution in [0.2, 0.25) is 0 Å². The molecule has 0 aliphatic carbocycles. The van der Waals surface area contributed by atoms with Crippen LogP contribution in [0.4, 0.5) is 5.69 Å². The van der Waals surface area contributed by atoms with E-state index in [2.05, 4.69) is 16.0 Å². The molecule has 2 saturated heterocycles. The number of carbonyl (C=O) groups is 2. The molecule has 0 saturated carbocycles. The third kappa shape index (κ3) is 7.24. The normalized spacial score (nSPS) is 20.8. The Labute approximate surface area is 185 Å². The van der Waals surface area contributed by atoms with E-state index in [1.165, 1.54) is 0 Å². The molecule has 0 aromatic heterocycles. The third-order valence-electron chi connectivity index (χ3n) is 5.35. The topological polar surface area (TPSA) is 82.7 Å². The number of hydrogen-bond acceptors (Lipinski definition) is 5. The minimum Gasteiger partial charge on any atom is -0.495 e. The summed E-state index contributed by atoms with van der Waals surface area (Å²) in [5.41, 5.74) is 0.818. The molecule has 0 bridgehead atoms. The van der Waals surface area contributed by atoms with E-state index >= 15 is 0 Å².